The minimum absolute atomic E-state index is 0.227. The zero-order valence-electron chi connectivity index (χ0n) is 12.9. The van der Waals surface area contributed by atoms with Crippen LogP contribution in [0.1, 0.15) is 13.3 Å². The maximum Gasteiger partial charge on any atom is 0.0615 e. The molecule has 1 aliphatic rings. The van der Waals surface area contributed by atoms with E-state index in [1.165, 1.54) is 0 Å². The fourth-order valence-corrected chi connectivity index (χ4v) is 2.79. The van der Waals surface area contributed by atoms with Gasteiger partial charge in [0, 0.05) is 51.9 Å². The molecule has 0 aliphatic carbocycles. The Morgan fingerprint density at radius 1 is 1.37 bits per heavy atom. The minimum atomic E-state index is 0.227. The second-order valence-electron chi connectivity index (χ2n) is 5.60. The number of rotatable bonds is 10. The molecule has 1 heterocycles. The Hall–Kier alpha value is -0.200. The van der Waals surface area contributed by atoms with Gasteiger partial charge in [-0.3, -0.25) is 4.90 Å². The first-order chi connectivity index (χ1) is 9.17. The Morgan fingerprint density at radius 2 is 2.16 bits per heavy atom. The van der Waals surface area contributed by atoms with Crippen LogP contribution in [-0.4, -0.2) is 78.3 Å². The number of methoxy groups -OCH3 is 2. The van der Waals surface area contributed by atoms with Gasteiger partial charge in [-0.15, -0.1) is 0 Å². The molecule has 0 aromatic carbocycles. The Morgan fingerprint density at radius 3 is 2.68 bits per heavy atom. The number of hydrogen-bond acceptors (Lipinski definition) is 5. The van der Waals surface area contributed by atoms with Gasteiger partial charge in [0.1, 0.15) is 0 Å². The van der Waals surface area contributed by atoms with Crippen molar-refractivity contribution in [3.05, 3.63) is 0 Å². The van der Waals surface area contributed by atoms with Crippen LogP contribution in [0.2, 0.25) is 0 Å². The fraction of sp³-hybridized carbons (Fsp3) is 1.00. The molecule has 0 aromatic heterocycles. The molecule has 0 saturated carbocycles. The summed E-state index contributed by atoms with van der Waals surface area (Å²) in [6.07, 6.45) is 1.12. The van der Waals surface area contributed by atoms with Crippen molar-refractivity contribution in [1.82, 2.24) is 10.2 Å². The zero-order valence-corrected chi connectivity index (χ0v) is 12.9. The summed E-state index contributed by atoms with van der Waals surface area (Å²) in [6, 6.07) is 0.398. The van der Waals surface area contributed by atoms with Gasteiger partial charge in [-0.25, -0.2) is 0 Å². The van der Waals surface area contributed by atoms with Crippen molar-refractivity contribution in [2.45, 2.75) is 19.4 Å². The van der Waals surface area contributed by atoms with Gasteiger partial charge < -0.3 is 19.5 Å². The van der Waals surface area contributed by atoms with E-state index in [9.17, 15) is 0 Å². The minimum Gasteiger partial charge on any atom is -0.383 e. The third-order valence-electron chi connectivity index (χ3n) is 3.89. The van der Waals surface area contributed by atoms with E-state index < -0.39 is 0 Å². The van der Waals surface area contributed by atoms with Gasteiger partial charge in [0.25, 0.3) is 0 Å². The molecular weight excluding hydrogens is 244 g/mol. The molecule has 2 unspecified atom stereocenters. The summed E-state index contributed by atoms with van der Waals surface area (Å²) >= 11 is 0. The predicted molar refractivity (Wildman–Crippen MR) is 76.6 cm³/mol. The lowest BCUT2D eigenvalue weighted by Gasteiger charge is -2.37. The van der Waals surface area contributed by atoms with Crippen molar-refractivity contribution in [1.29, 1.82) is 0 Å². The van der Waals surface area contributed by atoms with E-state index in [0.29, 0.717) is 6.04 Å². The standard InChI is InChI=1S/C14H30N2O3/c1-13(9-18-4)16(6-8-17-3)11-14(10-15-2)5-7-19-12-14/h13,15H,5-12H2,1-4H3. The van der Waals surface area contributed by atoms with Gasteiger partial charge in [0.2, 0.25) is 0 Å². The third-order valence-corrected chi connectivity index (χ3v) is 3.89. The van der Waals surface area contributed by atoms with Crippen molar-refractivity contribution in [3.8, 4) is 0 Å². The summed E-state index contributed by atoms with van der Waals surface area (Å²) in [5.74, 6) is 0. The first-order valence-corrected chi connectivity index (χ1v) is 7.12. The van der Waals surface area contributed by atoms with Crippen LogP contribution in [-0.2, 0) is 14.2 Å². The lowest BCUT2D eigenvalue weighted by molar-refractivity contribution is 0.0378. The number of ether oxygens (including phenoxy) is 3. The summed E-state index contributed by atoms with van der Waals surface area (Å²) in [7, 11) is 5.52. The topological polar surface area (TPSA) is 43.0 Å². The molecule has 1 fully saturated rings. The van der Waals surface area contributed by atoms with Gasteiger partial charge in [-0.2, -0.15) is 0 Å². The van der Waals surface area contributed by atoms with E-state index >= 15 is 0 Å². The van der Waals surface area contributed by atoms with Crippen LogP contribution < -0.4 is 5.32 Å². The molecule has 1 N–H and O–H groups in total. The molecule has 2 atom stereocenters. The quantitative estimate of drug-likeness (QED) is 0.632. The van der Waals surface area contributed by atoms with Crippen molar-refractivity contribution < 1.29 is 14.2 Å². The van der Waals surface area contributed by atoms with Gasteiger partial charge in [0.15, 0.2) is 0 Å². The summed E-state index contributed by atoms with van der Waals surface area (Å²) in [4.78, 5) is 2.46. The SMILES string of the molecule is CNCC1(CN(CCOC)C(C)COC)CCOC1. The van der Waals surface area contributed by atoms with E-state index in [-0.39, 0.29) is 5.41 Å². The van der Waals surface area contributed by atoms with E-state index in [2.05, 4.69) is 17.1 Å². The molecule has 1 aliphatic heterocycles. The zero-order chi connectivity index (χ0) is 14.1. The second kappa shape index (κ2) is 8.87. The van der Waals surface area contributed by atoms with Crippen LogP contribution in [0.5, 0.6) is 0 Å². The molecule has 19 heavy (non-hydrogen) atoms. The summed E-state index contributed by atoms with van der Waals surface area (Å²) < 4.78 is 16.2. The van der Waals surface area contributed by atoms with Crippen molar-refractivity contribution >= 4 is 0 Å². The van der Waals surface area contributed by atoms with Crippen molar-refractivity contribution in [2.75, 3.05) is 67.3 Å². The number of nitrogens with one attached hydrogen (secondary N) is 1. The van der Waals surface area contributed by atoms with Crippen molar-refractivity contribution in [3.63, 3.8) is 0 Å². The molecule has 0 bridgehead atoms. The Labute approximate surface area is 117 Å². The molecular formula is C14H30N2O3. The van der Waals surface area contributed by atoms with Gasteiger partial charge in [-0.1, -0.05) is 0 Å². The molecule has 0 aromatic rings. The van der Waals surface area contributed by atoms with Crippen LogP contribution in [0.15, 0.2) is 0 Å². The first kappa shape index (κ1) is 16.9. The van der Waals surface area contributed by atoms with Crippen LogP contribution >= 0.6 is 0 Å². The van der Waals surface area contributed by atoms with Crippen LogP contribution in [0.4, 0.5) is 0 Å². The van der Waals surface area contributed by atoms with Gasteiger partial charge in [-0.05, 0) is 20.4 Å². The van der Waals surface area contributed by atoms with E-state index in [0.717, 1.165) is 52.5 Å². The average molecular weight is 274 g/mol. The molecule has 0 radical (unpaired) electrons. The summed E-state index contributed by atoms with van der Waals surface area (Å²) in [5.41, 5.74) is 0.227. The third kappa shape index (κ3) is 5.36. The Kier molecular flexibility index (Phi) is 7.87. The fourth-order valence-electron chi connectivity index (χ4n) is 2.79. The smallest absolute Gasteiger partial charge is 0.0615 e. The number of nitrogens with zero attached hydrogens (tertiary/aromatic N) is 1. The molecule has 1 rings (SSSR count). The second-order valence-corrected chi connectivity index (χ2v) is 5.60. The normalized spacial score (nSPS) is 25.1. The molecule has 5 heteroatoms. The largest absolute Gasteiger partial charge is 0.383 e. The maximum atomic E-state index is 5.63. The molecule has 1 saturated heterocycles. The first-order valence-electron chi connectivity index (χ1n) is 7.12. The molecule has 0 amide bonds. The van der Waals surface area contributed by atoms with Gasteiger partial charge >= 0.3 is 0 Å². The number of hydrogen-bond donors (Lipinski definition) is 1. The van der Waals surface area contributed by atoms with Gasteiger partial charge in [0.05, 0.1) is 19.8 Å². The molecule has 0 spiro atoms. The van der Waals surface area contributed by atoms with E-state index in [1.54, 1.807) is 14.2 Å². The summed E-state index contributed by atoms with van der Waals surface area (Å²) in [6.45, 7) is 8.40. The van der Waals surface area contributed by atoms with Crippen molar-refractivity contribution in [2.24, 2.45) is 5.41 Å². The van der Waals surface area contributed by atoms with Crippen LogP contribution in [0.3, 0.4) is 0 Å². The highest BCUT2D eigenvalue weighted by molar-refractivity contribution is 4.89. The predicted octanol–water partition coefficient (Wildman–Crippen LogP) is 0.596. The van der Waals surface area contributed by atoms with Crippen LogP contribution in [0.25, 0.3) is 0 Å². The highest BCUT2D eigenvalue weighted by Crippen LogP contribution is 2.29. The summed E-state index contributed by atoms with van der Waals surface area (Å²) in [5, 5.41) is 3.31. The van der Waals surface area contributed by atoms with E-state index in [4.69, 9.17) is 14.2 Å². The lowest BCUT2D eigenvalue weighted by Crippen LogP contribution is -2.49. The average Bonchev–Trinajstić information content (AvgIpc) is 2.84. The molecule has 114 valence electrons. The van der Waals surface area contributed by atoms with E-state index in [1.807, 2.05) is 7.05 Å². The molecule has 5 nitrogen and oxygen atoms in total. The Balaban J connectivity index is 2.62. The highest BCUT2D eigenvalue weighted by Gasteiger charge is 2.36. The Bertz CT molecular complexity index is 233. The highest BCUT2D eigenvalue weighted by atomic mass is 16.5. The maximum absolute atomic E-state index is 5.63. The van der Waals surface area contributed by atoms with Crippen LogP contribution in [0, 0.1) is 5.41 Å². The lowest BCUT2D eigenvalue weighted by atomic mass is 9.86. The monoisotopic (exact) mass is 274 g/mol.